The monoisotopic (exact) mass is 376 g/mol. The summed E-state index contributed by atoms with van der Waals surface area (Å²) in [5, 5.41) is 0. The van der Waals surface area contributed by atoms with E-state index < -0.39 is 11.6 Å². The van der Waals surface area contributed by atoms with Crippen LogP contribution in [0.5, 0.6) is 5.75 Å². The maximum atomic E-state index is 12.6. The number of methoxy groups -OCH3 is 1. The highest BCUT2D eigenvalue weighted by Gasteiger charge is 2.20. The number of nitrogen functional groups attached to an aromatic ring is 1. The van der Waals surface area contributed by atoms with E-state index in [1.165, 1.54) is 11.7 Å². The fourth-order valence-electron chi connectivity index (χ4n) is 2.96. The number of nitrogens with one attached hydrogen (secondary N) is 1. The number of anilines is 1. The molecule has 0 bridgehead atoms. The van der Waals surface area contributed by atoms with Gasteiger partial charge in [0, 0.05) is 17.3 Å². The molecule has 0 aliphatic rings. The van der Waals surface area contributed by atoms with E-state index in [-0.39, 0.29) is 22.7 Å². The average Bonchev–Trinajstić information content (AvgIpc) is 3.02. The van der Waals surface area contributed by atoms with Crippen LogP contribution >= 0.6 is 0 Å². The topological polar surface area (TPSA) is 142 Å². The van der Waals surface area contributed by atoms with Gasteiger partial charge in [0.25, 0.3) is 5.91 Å². The number of aromatic amines is 1. The number of rotatable bonds is 4. The normalized spacial score (nSPS) is 10.9. The predicted molar refractivity (Wildman–Crippen MR) is 104 cm³/mol. The molecule has 140 valence electrons. The van der Waals surface area contributed by atoms with Crippen molar-refractivity contribution in [2.24, 2.45) is 5.73 Å². The second-order valence-corrected chi connectivity index (χ2v) is 6.05. The summed E-state index contributed by atoms with van der Waals surface area (Å²) in [4.78, 5) is 36.0. The Morgan fingerprint density at radius 1 is 1.14 bits per heavy atom. The Morgan fingerprint density at radius 2 is 1.93 bits per heavy atom. The van der Waals surface area contributed by atoms with Gasteiger partial charge in [0.05, 0.1) is 12.8 Å². The zero-order chi connectivity index (χ0) is 19.8. The van der Waals surface area contributed by atoms with Gasteiger partial charge in [-0.1, -0.05) is 18.2 Å². The molecule has 0 saturated carbocycles. The summed E-state index contributed by atoms with van der Waals surface area (Å²) in [5.74, 6) is 0.0137. The first-order valence-electron chi connectivity index (χ1n) is 8.31. The Morgan fingerprint density at radius 3 is 2.64 bits per heavy atom. The Labute approximate surface area is 158 Å². The van der Waals surface area contributed by atoms with Crippen molar-refractivity contribution in [1.82, 2.24) is 19.5 Å². The second kappa shape index (κ2) is 6.54. The Bertz CT molecular complexity index is 1270. The minimum Gasteiger partial charge on any atom is -0.497 e. The number of aromatic nitrogens is 4. The summed E-state index contributed by atoms with van der Waals surface area (Å²) < 4.78 is 6.56. The number of hydrogen-bond donors (Lipinski definition) is 3. The highest BCUT2D eigenvalue weighted by atomic mass is 16.5. The van der Waals surface area contributed by atoms with Crippen LogP contribution in [-0.4, -0.2) is 32.5 Å². The van der Waals surface area contributed by atoms with Gasteiger partial charge in [-0.15, -0.1) is 0 Å². The molecule has 9 heteroatoms. The average molecular weight is 376 g/mol. The number of fused-ring (bicyclic) bond motifs is 1. The van der Waals surface area contributed by atoms with Crippen LogP contribution in [0.15, 0.2) is 53.3 Å². The van der Waals surface area contributed by atoms with Gasteiger partial charge in [0.15, 0.2) is 17.2 Å². The van der Waals surface area contributed by atoms with Gasteiger partial charge < -0.3 is 21.2 Å². The molecule has 1 amide bonds. The van der Waals surface area contributed by atoms with Crippen LogP contribution < -0.4 is 21.9 Å². The van der Waals surface area contributed by atoms with E-state index in [9.17, 15) is 9.59 Å². The number of ether oxygens (including phenoxy) is 1. The van der Waals surface area contributed by atoms with Crippen LogP contribution in [0.3, 0.4) is 0 Å². The molecule has 2 aromatic carbocycles. The minimum atomic E-state index is -0.781. The molecular weight excluding hydrogens is 360 g/mol. The first kappa shape index (κ1) is 17.3. The minimum absolute atomic E-state index is 0.0822. The molecule has 4 rings (SSSR count). The van der Waals surface area contributed by atoms with Crippen LogP contribution in [0, 0.1) is 0 Å². The summed E-state index contributed by atoms with van der Waals surface area (Å²) in [6.45, 7) is 0. The van der Waals surface area contributed by atoms with E-state index in [4.69, 9.17) is 16.2 Å². The van der Waals surface area contributed by atoms with Crippen molar-refractivity contribution in [3.63, 3.8) is 0 Å². The van der Waals surface area contributed by atoms with Gasteiger partial charge in [0.2, 0.25) is 0 Å². The molecule has 0 spiro atoms. The van der Waals surface area contributed by atoms with Gasteiger partial charge in [0.1, 0.15) is 11.3 Å². The molecule has 9 nitrogen and oxygen atoms in total. The largest absolute Gasteiger partial charge is 0.497 e. The number of amides is 1. The smallest absolute Gasteiger partial charge is 0.332 e. The van der Waals surface area contributed by atoms with Gasteiger partial charge in [-0.25, -0.2) is 19.3 Å². The number of H-pyrrole nitrogens is 1. The third-order valence-electron chi connectivity index (χ3n) is 4.23. The number of carbonyl (C=O) groups is 1. The first-order valence-corrected chi connectivity index (χ1v) is 8.31. The zero-order valence-corrected chi connectivity index (χ0v) is 14.8. The van der Waals surface area contributed by atoms with Crippen LogP contribution in [-0.2, 0) is 0 Å². The third kappa shape index (κ3) is 2.84. The lowest BCUT2D eigenvalue weighted by Crippen LogP contribution is -2.15. The van der Waals surface area contributed by atoms with Crippen LogP contribution in [0.1, 0.15) is 10.5 Å². The van der Waals surface area contributed by atoms with Gasteiger partial charge in [-0.3, -0.25) is 4.79 Å². The maximum absolute atomic E-state index is 12.6. The predicted octanol–water partition coefficient (Wildman–Crippen LogP) is 1.47. The number of nitrogens with two attached hydrogens (primary N) is 2. The van der Waals surface area contributed by atoms with Crippen molar-refractivity contribution in [3.05, 3.63) is 64.7 Å². The molecule has 4 aromatic rings. The third-order valence-corrected chi connectivity index (χ3v) is 4.23. The SMILES string of the molecule is COc1cccc(-n2c(=O)[nH]c3c(C(N)=O)nc(-c4cccc(N)c4)nc32)c1. The van der Waals surface area contributed by atoms with Crippen molar-refractivity contribution in [3.8, 4) is 22.8 Å². The lowest BCUT2D eigenvalue weighted by molar-refractivity contribution is 0.0997. The Hall–Kier alpha value is -4.14. The Kier molecular flexibility index (Phi) is 4.04. The molecule has 0 unspecified atom stereocenters. The zero-order valence-electron chi connectivity index (χ0n) is 14.8. The lowest BCUT2D eigenvalue weighted by atomic mass is 10.2. The number of carbonyl (C=O) groups excluding carboxylic acids is 1. The highest BCUT2D eigenvalue weighted by molar-refractivity contribution is 6.02. The molecule has 0 saturated heterocycles. The van der Waals surface area contributed by atoms with Crippen molar-refractivity contribution in [2.45, 2.75) is 0 Å². The summed E-state index contributed by atoms with van der Waals surface area (Å²) in [5.41, 5.74) is 12.8. The van der Waals surface area contributed by atoms with Crippen LogP contribution in [0.2, 0.25) is 0 Å². The molecule has 0 radical (unpaired) electrons. The highest BCUT2D eigenvalue weighted by Crippen LogP contribution is 2.24. The van der Waals surface area contributed by atoms with Crippen LogP contribution in [0.25, 0.3) is 28.2 Å². The first-order chi connectivity index (χ1) is 13.5. The number of primary amides is 1. The fraction of sp³-hybridized carbons (Fsp3) is 0.0526. The molecule has 2 heterocycles. The number of hydrogen-bond acceptors (Lipinski definition) is 6. The van der Waals surface area contributed by atoms with Gasteiger partial charge in [-0.05, 0) is 24.3 Å². The molecule has 2 aromatic heterocycles. The van der Waals surface area contributed by atoms with E-state index in [2.05, 4.69) is 15.0 Å². The molecule has 0 atom stereocenters. The van der Waals surface area contributed by atoms with E-state index in [1.807, 2.05) is 0 Å². The lowest BCUT2D eigenvalue weighted by Gasteiger charge is -2.08. The molecular formula is C19H16N6O3. The number of benzene rings is 2. The van der Waals surface area contributed by atoms with E-state index in [1.54, 1.807) is 48.5 Å². The van der Waals surface area contributed by atoms with Crippen molar-refractivity contribution in [2.75, 3.05) is 12.8 Å². The van der Waals surface area contributed by atoms with Crippen molar-refractivity contribution in [1.29, 1.82) is 0 Å². The molecule has 0 aliphatic heterocycles. The van der Waals surface area contributed by atoms with E-state index >= 15 is 0 Å². The molecule has 0 aliphatic carbocycles. The molecule has 5 N–H and O–H groups in total. The maximum Gasteiger partial charge on any atom is 0.332 e. The number of nitrogens with zero attached hydrogens (tertiary/aromatic N) is 3. The number of imidazole rings is 1. The summed E-state index contributed by atoms with van der Waals surface area (Å²) in [6, 6.07) is 13.8. The fourth-order valence-corrected chi connectivity index (χ4v) is 2.96. The van der Waals surface area contributed by atoms with Gasteiger partial charge in [-0.2, -0.15) is 0 Å². The van der Waals surface area contributed by atoms with E-state index in [0.29, 0.717) is 22.7 Å². The molecule has 0 fully saturated rings. The second-order valence-electron chi connectivity index (χ2n) is 6.05. The summed E-state index contributed by atoms with van der Waals surface area (Å²) in [7, 11) is 1.53. The molecule has 28 heavy (non-hydrogen) atoms. The summed E-state index contributed by atoms with van der Waals surface area (Å²) >= 11 is 0. The Balaban J connectivity index is 2.05. The van der Waals surface area contributed by atoms with E-state index in [0.717, 1.165) is 0 Å². The summed E-state index contributed by atoms with van der Waals surface area (Å²) in [6.07, 6.45) is 0. The quantitative estimate of drug-likeness (QED) is 0.460. The van der Waals surface area contributed by atoms with Gasteiger partial charge >= 0.3 is 5.69 Å². The standard InChI is InChI=1S/C19H16N6O3/c1-28-13-7-3-6-12(9-13)25-18-15(23-19(25)27)14(16(21)26)22-17(24-18)10-4-2-5-11(20)8-10/h2-9H,20H2,1H3,(H2,21,26)(H,23,27). The van der Waals surface area contributed by atoms with Crippen molar-refractivity contribution < 1.29 is 9.53 Å². The van der Waals surface area contributed by atoms with Crippen LogP contribution in [0.4, 0.5) is 5.69 Å². The van der Waals surface area contributed by atoms with Crippen molar-refractivity contribution >= 4 is 22.8 Å².